The lowest BCUT2D eigenvalue weighted by molar-refractivity contribution is -0.135. The number of ether oxygens (including phenoxy) is 1. The summed E-state index contributed by atoms with van der Waals surface area (Å²) in [6, 6.07) is 5.42. The molecule has 1 aromatic carbocycles. The van der Waals surface area contributed by atoms with Crippen molar-refractivity contribution in [2.24, 2.45) is 7.05 Å². The number of imidazole rings is 1. The molecule has 0 saturated carbocycles. The number of aryl methyl sites for hydroxylation is 1. The second-order valence-electron chi connectivity index (χ2n) is 10.9. The minimum atomic E-state index is -0.676. The smallest absolute Gasteiger partial charge is 0.410 e. The SMILES string of the molecule is CN(C(=O)OC(C)(C)C)C1CCN(CCc2ccc3c(c2)n(C)c(=O)n3C2CCC(=O)NC2=O)CC1. The van der Waals surface area contributed by atoms with Crippen LogP contribution < -0.4 is 11.0 Å². The molecule has 10 heteroatoms. The normalized spacial score (nSPS) is 20.0. The fourth-order valence-corrected chi connectivity index (χ4v) is 5.09. The van der Waals surface area contributed by atoms with Gasteiger partial charge in [0, 0.05) is 46.2 Å². The maximum atomic E-state index is 13.0. The Labute approximate surface area is 211 Å². The number of carbonyl (C=O) groups is 3. The Morgan fingerprint density at radius 2 is 1.81 bits per heavy atom. The molecule has 2 aliphatic rings. The summed E-state index contributed by atoms with van der Waals surface area (Å²) < 4.78 is 8.58. The third-order valence-corrected chi connectivity index (χ3v) is 7.18. The van der Waals surface area contributed by atoms with Gasteiger partial charge in [0.25, 0.3) is 0 Å². The molecule has 2 fully saturated rings. The number of hydrogen-bond donors (Lipinski definition) is 1. The monoisotopic (exact) mass is 499 g/mol. The molecule has 196 valence electrons. The van der Waals surface area contributed by atoms with Gasteiger partial charge in [-0.3, -0.25) is 24.0 Å². The second-order valence-corrected chi connectivity index (χ2v) is 10.9. The molecule has 0 radical (unpaired) electrons. The first-order chi connectivity index (χ1) is 16.9. The lowest BCUT2D eigenvalue weighted by Crippen LogP contribution is -2.47. The minimum Gasteiger partial charge on any atom is -0.444 e. The maximum Gasteiger partial charge on any atom is 0.410 e. The summed E-state index contributed by atoms with van der Waals surface area (Å²) in [5.74, 6) is -0.724. The average molecular weight is 500 g/mol. The Kier molecular flexibility index (Phi) is 7.26. The summed E-state index contributed by atoms with van der Waals surface area (Å²) >= 11 is 0. The highest BCUT2D eigenvalue weighted by atomic mass is 16.6. The fraction of sp³-hybridized carbons (Fsp3) is 0.615. The number of likely N-dealkylation sites (tertiary alicyclic amines) is 1. The molecule has 36 heavy (non-hydrogen) atoms. The minimum absolute atomic E-state index is 0.175. The van der Waals surface area contributed by atoms with Crippen LogP contribution >= 0.6 is 0 Å². The Morgan fingerprint density at radius 1 is 1.11 bits per heavy atom. The highest BCUT2D eigenvalue weighted by Crippen LogP contribution is 2.24. The van der Waals surface area contributed by atoms with Gasteiger partial charge in [-0.2, -0.15) is 0 Å². The number of benzene rings is 1. The van der Waals surface area contributed by atoms with Crippen LogP contribution in [0.15, 0.2) is 23.0 Å². The van der Waals surface area contributed by atoms with Crippen LogP contribution in [0, 0.1) is 0 Å². The van der Waals surface area contributed by atoms with Crippen molar-refractivity contribution in [2.75, 3.05) is 26.7 Å². The third-order valence-electron chi connectivity index (χ3n) is 7.18. The number of nitrogens with one attached hydrogen (secondary N) is 1. The molecule has 10 nitrogen and oxygen atoms in total. The van der Waals surface area contributed by atoms with Crippen molar-refractivity contribution < 1.29 is 19.1 Å². The number of rotatable bonds is 5. The third kappa shape index (κ3) is 5.48. The van der Waals surface area contributed by atoms with Crippen LogP contribution in [0.2, 0.25) is 0 Å². The summed E-state index contributed by atoms with van der Waals surface area (Å²) in [4.78, 5) is 53.4. The molecule has 3 heterocycles. The van der Waals surface area contributed by atoms with Gasteiger partial charge in [-0.05, 0) is 64.2 Å². The van der Waals surface area contributed by atoms with E-state index in [-0.39, 0.29) is 30.2 Å². The van der Waals surface area contributed by atoms with Gasteiger partial charge in [0.2, 0.25) is 11.8 Å². The van der Waals surface area contributed by atoms with Gasteiger partial charge in [-0.15, -0.1) is 0 Å². The predicted molar refractivity (Wildman–Crippen MR) is 136 cm³/mol. The molecule has 1 N–H and O–H groups in total. The van der Waals surface area contributed by atoms with Crippen LogP contribution in [-0.4, -0.2) is 75.2 Å². The Hall–Kier alpha value is -3.14. The van der Waals surface area contributed by atoms with Gasteiger partial charge in [-0.1, -0.05) is 6.07 Å². The van der Waals surface area contributed by atoms with Crippen molar-refractivity contribution in [3.8, 4) is 0 Å². The van der Waals surface area contributed by atoms with Crippen LogP contribution in [0.25, 0.3) is 11.0 Å². The molecule has 0 spiro atoms. The van der Waals surface area contributed by atoms with E-state index in [0.717, 1.165) is 50.0 Å². The van der Waals surface area contributed by atoms with E-state index in [1.165, 1.54) is 4.57 Å². The zero-order chi connectivity index (χ0) is 26.2. The number of carbonyl (C=O) groups excluding carboxylic acids is 3. The molecule has 3 amide bonds. The highest BCUT2D eigenvalue weighted by Gasteiger charge is 2.31. The number of fused-ring (bicyclic) bond motifs is 1. The number of nitrogens with zero attached hydrogens (tertiary/aromatic N) is 4. The summed E-state index contributed by atoms with van der Waals surface area (Å²) in [6.07, 6.45) is 2.91. The molecule has 0 aliphatic carbocycles. The van der Waals surface area contributed by atoms with Crippen molar-refractivity contribution in [1.82, 2.24) is 24.3 Å². The molecule has 0 bridgehead atoms. The van der Waals surface area contributed by atoms with Crippen LogP contribution in [0.3, 0.4) is 0 Å². The molecule has 2 aliphatic heterocycles. The zero-order valence-corrected chi connectivity index (χ0v) is 21.9. The van der Waals surface area contributed by atoms with Crippen molar-refractivity contribution in [3.63, 3.8) is 0 Å². The van der Waals surface area contributed by atoms with Crippen LogP contribution in [-0.2, 0) is 27.8 Å². The summed E-state index contributed by atoms with van der Waals surface area (Å²) in [7, 11) is 3.53. The summed E-state index contributed by atoms with van der Waals surface area (Å²) in [5.41, 5.74) is 1.84. The van der Waals surface area contributed by atoms with Gasteiger partial charge < -0.3 is 14.5 Å². The number of imide groups is 1. The van der Waals surface area contributed by atoms with Crippen molar-refractivity contribution in [1.29, 1.82) is 0 Å². The molecule has 1 atom stereocenters. The molecule has 1 unspecified atom stereocenters. The number of hydrogen-bond acceptors (Lipinski definition) is 6. The first-order valence-electron chi connectivity index (χ1n) is 12.7. The Bertz CT molecular complexity index is 1220. The van der Waals surface area contributed by atoms with E-state index in [4.69, 9.17) is 4.74 Å². The summed E-state index contributed by atoms with van der Waals surface area (Å²) in [5, 5.41) is 2.34. The van der Waals surface area contributed by atoms with Crippen molar-refractivity contribution in [2.45, 2.75) is 70.6 Å². The molecule has 2 aromatic rings. The average Bonchev–Trinajstić information content (AvgIpc) is 3.06. The van der Waals surface area contributed by atoms with Gasteiger partial charge in [0.05, 0.1) is 11.0 Å². The standard InChI is InChI=1S/C26H37N5O5/c1-26(2,3)36-25(35)28(4)18-11-14-30(15-12-18)13-10-17-6-7-19-21(16-17)29(5)24(34)31(19)20-8-9-22(32)27-23(20)33/h6-7,16,18,20H,8-15H2,1-5H3,(H,27,32,33). The predicted octanol–water partition coefficient (Wildman–Crippen LogP) is 2.19. The van der Waals surface area contributed by atoms with E-state index >= 15 is 0 Å². The lowest BCUT2D eigenvalue weighted by atomic mass is 10.0. The summed E-state index contributed by atoms with van der Waals surface area (Å²) in [6.45, 7) is 8.33. The van der Waals surface area contributed by atoms with Crippen LogP contribution in [0.5, 0.6) is 0 Å². The van der Waals surface area contributed by atoms with Crippen LogP contribution in [0.1, 0.15) is 58.1 Å². The van der Waals surface area contributed by atoms with Gasteiger partial charge >= 0.3 is 11.8 Å². The quantitative estimate of drug-likeness (QED) is 0.633. The topological polar surface area (TPSA) is 106 Å². The van der Waals surface area contributed by atoms with E-state index < -0.39 is 17.6 Å². The van der Waals surface area contributed by atoms with Crippen LogP contribution in [0.4, 0.5) is 4.79 Å². The number of amides is 3. The van der Waals surface area contributed by atoms with Crippen molar-refractivity contribution in [3.05, 3.63) is 34.2 Å². The van der Waals surface area contributed by atoms with Gasteiger partial charge in [0.15, 0.2) is 0 Å². The largest absolute Gasteiger partial charge is 0.444 e. The molecular formula is C26H37N5O5. The van der Waals surface area contributed by atoms with Gasteiger partial charge in [0.1, 0.15) is 11.6 Å². The number of aromatic nitrogens is 2. The fourth-order valence-electron chi connectivity index (χ4n) is 5.09. The first-order valence-corrected chi connectivity index (χ1v) is 12.7. The first kappa shape index (κ1) is 25.9. The van der Waals surface area contributed by atoms with Gasteiger partial charge in [-0.25, -0.2) is 9.59 Å². The maximum absolute atomic E-state index is 13.0. The molecule has 4 rings (SSSR count). The Morgan fingerprint density at radius 3 is 2.44 bits per heavy atom. The lowest BCUT2D eigenvalue weighted by Gasteiger charge is -2.37. The van der Waals surface area contributed by atoms with E-state index in [9.17, 15) is 19.2 Å². The Balaban J connectivity index is 1.37. The van der Waals surface area contributed by atoms with E-state index in [1.807, 2.05) is 46.0 Å². The molecular weight excluding hydrogens is 462 g/mol. The van der Waals surface area contributed by atoms with E-state index in [2.05, 4.69) is 10.2 Å². The van der Waals surface area contributed by atoms with E-state index in [0.29, 0.717) is 11.9 Å². The highest BCUT2D eigenvalue weighted by molar-refractivity contribution is 6.00. The zero-order valence-electron chi connectivity index (χ0n) is 21.9. The molecule has 2 saturated heterocycles. The van der Waals surface area contributed by atoms with E-state index in [1.54, 1.807) is 16.5 Å². The molecule has 1 aromatic heterocycles. The van der Waals surface area contributed by atoms with Crippen molar-refractivity contribution >= 4 is 28.9 Å². The number of piperidine rings is 2. The second kappa shape index (κ2) is 10.1.